The summed E-state index contributed by atoms with van der Waals surface area (Å²) in [5, 5.41) is 4.39. The molecule has 1 aliphatic carbocycles. The number of benzene rings is 1. The topological polar surface area (TPSA) is 89.7 Å². The summed E-state index contributed by atoms with van der Waals surface area (Å²) in [5.41, 5.74) is 1.27. The zero-order valence-electron chi connectivity index (χ0n) is 12.0. The van der Waals surface area contributed by atoms with Crippen LogP contribution in [-0.2, 0) is 16.1 Å². The Balaban J connectivity index is 1.44. The van der Waals surface area contributed by atoms with Crippen LogP contribution < -0.4 is 0 Å². The van der Waals surface area contributed by atoms with E-state index >= 15 is 0 Å². The second-order valence-electron chi connectivity index (χ2n) is 5.58. The average Bonchev–Trinajstić information content (AvgIpc) is 3.26. The molecule has 1 aromatic carbocycles. The van der Waals surface area contributed by atoms with Crippen LogP contribution in [-0.4, -0.2) is 28.0 Å². The van der Waals surface area contributed by atoms with Crippen molar-refractivity contribution < 1.29 is 23.7 Å². The quantitative estimate of drug-likeness (QED) is 0.800. The van der Waals surface area contributed by atoms with Crippen molar-refractivity contribution in [2.24, 2.45) is 0 Å². The number of hydrogen-bond acceptors (Lipinski definition) is 6. The molecule has 4 rings (SSSR count). The first-order valence-electron chi connectivity index (χ1n) is 7.27. The Morgan fingerprint density at radius 2 is 1.87 bits per heavy atom. The zero-order valence-corrected chi connectivity index (χ0v) is 12.0. The van der Waals surface area contributed by atoms with Crippen LogP contribution in [0.2, 0.25) is 0 Å². The summed E-state index contributed by atoms with van der Waals surface area (Å²) in [7, 11) is 0. The third-order valence-electron chi connectivity index (χ3n) is 3.84. The molecule has 2 aliphatic rings. The summed E-state index contributed by atoms with van der Waals surface area (Å²) in [4.78, 5) is 41.0. The summed E-state index contributed by atoms with van der Waals surface area (Å²) >= 11 is 0. The molecule has 2 amide bonds. The average molecular weight is 312 g/mol. The molecule has 2 aromatic rings. The van der Waals surface area contributed by atoms with Gasteiger partial charge in [-0.1, -0.05) is 22.4 Å². The largest absolute Gasteiger partial charge is 0.361 e. The highest BCUT2D eigenvalue weighted by molar-refractivity contribution is 6.20. The van der Waals surface area contributed by atoms with Crippen molar-refractivity contribution >= 4 is 17.8 Å². The number of rotatable bonds is 4. The summed E-state index contributed by atoms with van der Waals surface area (Å²) in [5.74, 6) is -1.27. The fourth-order valence-corrected chi connectivity index (χ4v) is 2.51. The maximum absolute atomic E-state index is 12.1. The van der Waals surface area contributed by atoms with Gasteiger partial charge in [0.05, 0.1) is 16.8 Å². The van der Waals surface area contributed by atoms with Gasteiger partial charge in [-0.3, -0.25) is 9.59 Å². The van der Waals surface area contributed by atoms with Crippen LogP contribution in [0, 0.1) is 0 Å². The van der Waals surface area contributed by atoms with E-state index in [1.165, 1.54) is 12.1 Å². The fraction of sp³-hybridized carbons (Fsp3) is 0.250. The van der Waals surface area contributed by atoms with E-state index in [0.29, 0.717) is 16.7 Å². The minimum Gasteiger partial charge on any atom is -0.361 e. The van der Waals surface area contributed by atoms with E-state index in [4.69, 9.17) is 9.36 Å². The lowest BCUT2D eigenvalue weighted by Crippen LogP contribution is -2.33. The predicted octanol–water partition coefficient (Wildman–Crippen LogP) is 1.85. The third-order valence-corrected chi connectivity index (χ3v) is 3.84. The Bertz CT molecular complexity index is 786. The van der Waals surface area contributed by atoms with Crippen LogP contribution in [0.3, 0.4) is 0 Å². The van der Waals surface area contributed by atoms with Crippen LogP contribution in [0.25, 0.3) is 0 Å². The molecule has 0 unspecified atom stereocenters. The van der Waals surface area contributed by atoms with E-state index in [9.17, 15) is 14.4 Å². The minimum atomic E-state index is -0.752. The van der Waals surface area contributed by atoms with Crippen molar-refractivity contribution in [3.05, 3.63) is 52.9 Å². The summed E-state index contributed by atoms with van der Waals surface area (Å²) in [6.07, 6.45) is 1.96. The normalized spacial score (nSPS) is 16.6. The number of nitrogens with zero attached hydrogens (tertiary/aromatic N) is 2. The number of amides is 2. The second kappa shape index (κ2) is 5.05. The van der Waals surface area contributed by atoms with Gasteiger partial charge in [0.1, 0.15) is 12.2 Å². The van der Waals surface area contributed by atoms with Gasteiger partial charge in [0.15, 0.2) is 0 Å². The van der Waals surface area contributed by atoms with Crippen molar-refractivity contribution in [3.63, 3.8) is 0 Å². The standard InChI is InChI=1S/C16H12N2O5/c19-14(8-10-7-13(17-22-10)9-5-6-9)23-18-15(20)11-3-1-2-4-12(11)16(18)21/h1-4,7,9H,5-6,8H2. The van der Waals surface area contributed by atoms with Gasteiger partial charge in [-0.15, -0.1) is 0 Å². The highest BCUT2D eigenvalue weighted by Crippen LogP contribution is 2.39. The molecular weight excluding hydrogens is 300 g/mol. The van der Waals surface area contributed by atoms with Crippen molar-refractivity contribution in [1.29, 1.82) is 0 Å². The lowest BCUT2D eigenvalue weighted by Gasteiger charge is -2.11. The van der Waals surface area contributed by atoms with Gasteiger partial charge in [0, 0.05) is 12.0 Å². The number of fused-ring (bicyclic) bond motifs is 1. The lowest BCUT2D eigenvalue weighted by molar-refractivity contribution is -0.168. The number of aromatic nitrogens is 1. The zero-order chi connectivity index (χ0) is 16.0. The second-order valence-corrected chi connectivity index (χ2v) is 5.58. The molecule has 0 radical (unpaired) electrons. The van der Waals surface area contributed by atoms with E-state index in [0.717, 1.165) is 18.5 Å². The number of hydrogen-bond donors (Lipinski definition) is 0. The molecule has 0 N–H and O–H groups in total. The Morgan fingerprint density at radius 1 is 1.22 bits per heavy atom. The maximum atomic E-state index is 12.1. The molecule has 1 saturated carbocycles. The molecule has 1 fully saturated rings. The molecule has 0 bridgehead atoms. The number of carbonyl (C=O) groups is 3. The number of imide groups is 1. The van der Waals surface area contributed by atoms with Crippen molar-refractivity contribution in [3.8, 4) is 0 Å². The molecule has 7 nitrogen and oxygen atoms in total. The van der Waals surface area contributed by atoms with E-state index < -0.39 is 17.8 Å². The Kier molecular flexibility index (Phi) is 3.00. The lowest BCUT2D eigenvalue weighted by atomic mass is 10.1. The van der Waals surface area contributed by atoms with Gasteiger partial charge in [0.25, 0.3) is 11.8 Å². The number of carbonyl (C=O) groups excluding carboxylic acids is 3. The molecule has 0 spiro atoms. The first-order chi connectivity index (χ1) is 11.1. The van der Waals surface area contributed by atoms with Crippen molar-refractivity contribution in [2.75, 3.05) is 0 Å². The molecule has 7 heteroatoms. The summed E-state index contributed by atoms with van der Waals surface area (Å²) in [6.45, 7) is 0. The highest BCUT2D eigenvalue weighted by atomic mass is 16.7. The Morgan fingerprint density at radius 3 is 2.48 bits per heavy atom. The maximum Gasteiger partial charge on any atom is 0.340 e. The van der Waals surface area contributed by atoms with Gasteiger partial charge in [-0.2, -0.15) is 0 Å². The van der Waals surface area contributed by atoms with Crippen LogP contribution in [0.4, 0.5) is 0 Å². The molecular formula is C16H12N2O5. The van der Waals surface area contributed by atoms with E-state index in [1.807, 2.05) is 0 Å². The Labute approximate surface area is 130 Å². The summed E-state index contributed by atoms with van der Waals surface area (Å²) in [6, 6.07) is 8.03. The van der Waals surface area contributed by atoms with E-state index in [2.05, 4.69) is 5.16 Å². The van der Waals surface area contributed by atoms with Crippen molar-refractivity contribution in [2.45, 2.75) is 25.2 Å². The minimum absolute atomic E-state index is 0.187. The monoisotopic (exact) mass is 312 g/mol. The van der Waals surface area contributed by atoms with Crippen LogP contribution in [0.15, 0.2) is 34.9 Å². The van der Waals surface area contributed by atoms with Gasteiger partial charge in [-0.05, 0) is 25.0 Å². The van der Waals surface area contributed by atoms with Crippen LogP contribution in [0.1, 0.15) is 50.9 Å². The SMILES string of the molecule is O=C(Cc1cc(C2CC2)no1)ON1C(=O)c2ccccc2C1=O. The van der Waals surface area contributed by atoms with Crippen LogP contribution >= 0.6 is 0 Å². The number of hydroxylamine groups is 2. The molecule has 0 atom stereocenters. The molecule has 23 heavy (non-hydrogen) atoms. The van der Waals surface area contributed by atoms with Crippen molar-refractivity contribution in [1.82, 2.24) is 10.2 Å². The van der Waals surface area contributed by atoms with Crippen LogP contribution in [0.5, 0.6) is 0 Å². The Hall–Kier alpha value is -2.96. The van der Waals surface area contributed by atoms with Gasteiger partial charge >= 0.3 is 5.97 Å². The highest BCUT2D eigenvalue weighted by Gasteiger charge is 2.38. The molecule has 116 valence electrons. The summed E-state index contributed by atoms with van der Waals surface area (Å²) < 4.78 is 5.08. The first kappa shape index (κ1) is 13.7. The molecule has 1 aliphatic heterocycles. The van der Waals surface area contributed by atoms with Gasteiger partial charge in [0.2, 0.25) is 0 Å². The first-order valence-corrected chi connectivity index (χ1v) is 7.27. The third kappa shape index (κ3) is 2.40. The van der Waals surface area contributed by atoms with E-state index in [-0.39, 0.29) is 17.5 Å². The predicted molar refractivity (Wildman–Crippen MR) is 75.2 cm³/mol. The smallest absolute Gasteiger partial charge is 0.340 e. The van der Waals surface area contributed by atoms with E-state index in [1.54, 1.807) is 18.2 Å². The van der Waals surface area contributed by atoms with Gasteiger partial charge in [-0.25, -0.2) is 4.79 Å². The molecule has 1 aromatic heterocycles. The van der Waals surface area contributed by atoms with Gasteiger partial charge < -0.3 is 9.36 Å². The molecule has 0 saturated heterocycles. The molecule has 2 heterocycles. The fourth-order valence-electron chi connectivity index (χ4n) is 2.51.